The lowest BCUT2D eigenvalue weighted by Crippen LogP contribution is -2.36. The van der Waals surface area contributed by atoms with Crippen LogP contribution in [-0.2, 0) is 4.74 Å². The van der Waals surface area contributed by atoms with Gasteiger partial charge in [0.1, 0.15) is 11.6 Å². The van der Waals surface area contributed by atoms with Crippen LogP contribution >= 0.6 is 11.6 Å². The molecule has 1 N–H and O–H groups in total. The standard InChI is InChI=1S/C25H18ClF3N4O3/c26-15-3-1-2-14(10-15)25(34)32-20-12-17(27)24(23(29)22(20)28)36-16-4-5-18-19(11-16)31-21(13-30-18)33-6-8-35-9-7-33/h1-5,10-13H,6-9H2,(H,32,34). The Hall–Kier alpha value is -3.89. The summed E-state index contributed by atoms with van der Waals surface area (Å²) in [4.78, 5) is 23.3. The van der Waals surface area contributed by atoms with Gasteiger partial charge in [-0.05, 0) is 30.3 Å². The summed E-state index contributed by atoms with van der Waals surface area (Å²) in [5, 5.41) is 2.43. The number of nitrogens with one attached hydrogen (secondary N) is 1. The van der Waals surface area contributed by atoms with Crippen LogP contribution in [0.4, 0.5) is 24.7 Å². The molecule has 5 rings (SSSR count). The number of carbonyl (C=O) groups excluding carboxylic acids is 1. The van der Waals surface area contributed by atoms with Crippen LogP contribution in [0.2, 0.25) is 5.02 Å². The smallest absolute Gasteiger partial charge is 0.255 e. The average molecular weight is 515 g/mol. The lowest BCUT2D eigenvalue weighted by Gasteiger charge is -2.27. The second-order valence-corrected chi connectivity index (χ2v) is 8.34. The number of halogens is 4. The molecule has 0 radical (unpaired) electrons. The molecule has 0 saturated carbocycles. The minimum atomic E-state index is -1.59. The third kappa shape index (κ3) is 4.91. The molecular formula is C25H18ClF3N4O3. The Kier molecular flexibility index (Phi) is 6.62. The highest BCUT2D eigenvalue weighted by molar-refractivity contribution is 6.31. The Morgan fingerprint density at radius 3 is 2.61 bits per heavy atom. The van der Waals surface area contributed by atoms with Gasteiger partial charge in [0.05, 0.1) is 36.1 Å². The van der Waals surface area contributed by atoms with Gasteiger partial charge in [0.25, 0.3) is 5.91 Å². The zero-order valence-corrected chi connectivity index (χ0v) is 19.4. The molecule has 2 heterocycles. The van der Waals surface area contributed by atoms with Crippen LogP contribution in [0.15, 0.2) is 54.7 Å². The normalized spacial score (nSPS) is 13.6. The van der Waals surface area contributed by atoms with Crippen molar-refractivity contribution in [2.75, 3.05) is 36.5 Å². The number of morpholine rings is 1. The topological polar surface area (TPSA) is 76.6 Å². The monoisotopic (exact) mass is 514 g/mol. The lowest BCUT2D eigenvalue weighted by molar-refractivity contribution is 0.102. The summed E-state index contributed by atoms with van der Waals surface area (Å²) in [6.07, 6.45) is 1.64. The van der Waals surface area contributed by atoms with E-state index in [1.807, 2.05) is 4.90 Å². The van der Waals surface area contributed by atoms with E-state index in [-0.39, 0.29) is 16.3 Å². The number of benzene rings is 3. The number of hydrogen-bond acceptors (Lipinski definition) is 6. The lowest BCUT2D eigenvalue weighted by atomic mass is 10.2. The van der Waals surface area contributed by atoms with Crippen LogP contribution in [0, 0.1) is 17.5 Å². The predicted octanol–water partition coefficient (Wildman–Crippen LogP) is 5.58. The van der Waals surface area contributed by atoms with Crippen molar-refractivity contribution >= 4 is 40.0 Å². The fraction of sp³-hybridized carbons (Fsp3) is 0.160. The van der Waals surface area contributed by atoms with Crippen molar-refractivity contribution in [1.82, 2.24) is 9.97 Å². The Labute approximate surface area is 208 Å². The third-order valence-electron chi connectivity index (χ3n) is 5.51. The fourth-order valence-electron chi connectivity index (χ4n) is 3.69. The second-order valence-electron chi connectivity index (χ2n) is 7.91. The van der Waals surface area contributed by atoms with Gasteiger partial charge in [-0.3, -0.25) is 9.78 Å². The van der Waals surface area contributed by atoms with Crippen LogP contribution in [0.1, 0.15) is 10.4 Å². The molecule has 1 aliphatic rings. The number of hydrogen-bond donors (Lipinski definition) is 1. The van der Waals surface area contributed by atoms with E-state index in [9.17, 15) is 18.0 Å². The highest BCUT2D eigenvalue weighted by Gasteiger charge is 2.23. The van der Waals surface area contributed by atoms with Crippen LogP contribution in [0.5, 0.6) is 11.5 Å². The molecular weight excluding hydrogens is 497 g/mol. The van der Waals surface area contributed by atoms with E-state index < -0.39 is 34.8 Å². The first-order chi connectivity index (χ1) is 17.4. The summed E-state index contributed by atoms with van der Waals surface area (Å²) in [7, 11) is 0. The number of nitrogens with zero attached hydrogens (tertiary/aromatic N) is 3. The molecule has 0 unspecified atom stereocenters. The van der Waals surface area contributed by atoms with E-state index in [2.05, 4.69) is 15.3 Å². The fourth-order valence-corrected chi connectivity index (χ4v) is 3.89. The van der Waals surface area contributed by atoms with Gasteiger partial charge in [-0.15, -0.1) is 0 Å². The molecule has 3 aromatic carbocycles. The summed E-state index contributed by atoms with van der Waals surface area (Å²) < 4.78 is 55.0. The first-order valence-electron chi connectivity index (χ1n) is 10.9. The molecule has 1 amide bonds. The maximum atomic E-state index is 14.8. The van der Waals surface area contributed by atoms with Crippen molar-refractivity contribution < 1.29 is 27.4 Å². The first kappa shape index (κ1) is 23.8. The van der Waals surface area contributed by atoms with Gasteiger partial charge in [0, 0.05) is 35.8 Å². The maximum Gasteiger partial charge on any atom is 0.255 e. The Bertz CT molecular complexity index is 1460. The third-order valence-corrected chi connectivity index (χ3v) is 5.74. The molecule has 0 atom stereocenters. The predicted molar refractivity (Wildman–Crippen MR) is 128 cm³/mol. The summed E-state index contributed by atoms with van der Waals surface area (Å²) in [6.45, 7) is 2.46. The molecule has 184 valence electrons. The summed E-state index contributed by atoms with van der Waals surface area (Å²) in [5.74, 6) is -5.35. The van der Waals surface area contributed by atoms with Gasteiger partial charge in [-0.2, -0.15) is 4.39 Å². The number of rotatable bonds is 5. The molecule has 0 bridgehead atoms. The van der Waals surface area contributed by atoms with E-state index >= 15 is 0 Å². The zero-order valence-electron chi connectivity index (χ0n) is 18.6. The number of anilines is 2. The van der Waals surface area contributed by atoms with Gasteiger partial charge in [0.15, 0.2) is 11.6 Å². The summed E-state index contributed by atoms with van der Waals surface area (Å²) in [6, 6.07) is 11.0. The quantitative estimate of drug-likeness (QED) is 0.350. The highest BCUT2D eigenvalue weighted by atomic mass is 35.5. The van der Waals surface area contributed by atoms with Crippen molar-refractivity contribution in [3.63, 3.8) is 0 Å². The van der Waals surface area contributed by atoms with Crippen molar-refractivity contribution in [3.05, 3.63) is 82.8 Å². The molecule has 1 aromatic heterocycles. The molecule has 1 saturated heterocycles. The van der Waals surface area contributed by atoms with Gasteiger partial charge >= 0.3 is 0 Å². The van der Waals surface area contributed by atoms with Crippen molar-refractivity contribution in [2.45, 2.75) is 0 Å². The summed E-state index contributed by atoms with van der Waals surface area (Å²) >= 11 is 5.85. The van der Waals surface area contributed by atoms with Crippen LogP contribution in [0.25, 0.3) is 11.0 Å². The van der Waals surface area contributed by atoms with Crippen molar-refractivity contribution in [3.8, 4) is 11.5 Å². The second kappa shape index (κ2) is 10.00. The van der Waals surface area contributed by atoms with E-state index in [0.29, 0.717) is 49.2 Å². The van der Waals surface area contributed by atoms with Crippen LogP contribution in [-0.4, -0.2) is 42.2 Å². The molecule has 4 aromatic rings. The molecule has 0 aliphatic carbocycles. The number of ether oxygens (including phenoxy) is 2. The number of fused-ring (bicyclic) bond motifs is 1. The van der Waals surface area contributed by atoms with E-state index in [4.69, 9.17) is 21.1 Å². The molecule has 7 nitrogen and oxygen atoms in total. The first-order valence-corrected chi connectivity index (χ1v) is 11.3. The molecule has 11 heteroatoms. The van der Waals surface area contributed by atoms with Gasteiger partial charge in [0.2, 0.25) is 11.6 Å². The number of aromatic nitrogens is 2. The molecule has 0 spiro atoms. The van der Waals surface area contributed by atoms with E-state index in [0.717, 1.165) is 0 Å². The highest BCUT2D eigenvalue weighted by Crippen LogP contribution is 2.34. The van der Waals surface area contributed by atoms with Crippen molar-refractivity contribution in [2.24, 2.45) is 0 Å². The molecule has 1 aliphatic heterocycles. The average Bonchev–Trinajstić information content (AvgIpc) is 2.89. The SMILES string of the molecule is O=C(Nc1cc(F)c(Oc2ccc3ncc(N4CCOCC4)nc3c2)c(F)c1F)c1cccc(Cl)c1. The van der Waals surface area contributed by atoms with Gasteiger partial charge in [-0.1, -0.05) is 17.7 Å². The zero-order chi connectivity index (χ0) is 25.2. The van der Waals surface area contributed by atoms with E-state index in [1.165, 1.54) is 30.3 Å². The molecule has 1 fully saturated rings. The summed E-state index contributed by atoms with van der Waals surface area (Å²) in [5.41, 5.74) is 0.396. The number of carbonyl (C=O) groups is 1. The van der Waals surface area contributed by atoms with E-state index in [1.54, 1.807) is 18.3 Å². The van der Waals surface area contributed by atoms with Gasteiger partial charge < -0.3 is 19.7 Å². The van der Waals surface area contributed by atoms with Crippen LogP contribution in [0.3, 0.4) is 0 Å². The molecule has 36 heavy (non-hydrogen) atoms. The van der Waals surface area contributed by atoms with Crippen LogP contribution < -0.4 is 15.0 Å². The Balaban J connectivity index is 1.40. The minimum absolute atomic E-state index is 0.0313. The largest absolute Gasteiger partial charge is 0.451 e. The van der Waals surface area contributed by atoms with Gasteiger partial charge in [-0.25, -0.2) is 13.8 Å². The minimum Gasteiger partial charge on any atom is -0.451 e. The Morgan fingerprint density at radius 2 is 1.83 bits per heavy atom. The van der Waals surface area contributed by atoms with Crippen molar-refractivity contribution in [1.29, 1.82) is 0 Å². The maximum absolute atomic E-state index is 14.8. The Morgan fingerprint density at radius 1 is 1.03 bits per heavy atom. The number of amides is 1.